The van der Waals surface area contributed by atoms with Crippen LogP contribution in [0.15, 0.2) is 63.8 Å². The second-order valence-electron chi connectivity index (χ2n) is 9.34. The van der Waals surface area contributed by atoms with Gasteiger partial charge in [0.25, 0.3) is 0 Å². The van der Waals surface area contributed by atoms with Gasteiger partial charge in [-0.05, 0) is 47.6 Å². The largest absolute Gasteiger partial charge is 0.419 e. The van der Waals surface area contributed by atoms with Crippen molar-refractivity contribution in [2.45, 2.75) is 78.1 Å². The Labute approximate surface area is 201 Å². The van der Waals surface area contributed by atoms with Gasteiger partial charge in [-0.25, -0.2) is 9.18 Å². The van der Waals surface area contributed by atoms with Crippen LogP contribution in [0.5, 0.6) is 0 Å². The number of aryl methyl sites for hydroxylation is 2. The molecule has 1 aromatic heterocycles. The summed E-state index contributed by atoms with van der Waals surface area (Å²) >= 11 is 0. The first-order valence-electron chi connectivity index (χ1n) is 12.9. The second-order valence-corrected chi connectivity index (χ2v) is 9.34. The number of rotatable bonds is 11. The van der Waals surface area contributed by atoms with E-state index in [1.54, 1.807) is 6.07 Å². The minimum Gasteiger partial charge on any atom is -0.419 e. The molecule has 0 aliphatic heterocycles. The zero-order valence-electron chi connectivity index (χ0n) is 20.5. The Morgan fingerprint density at radius 1 is 0.706 bits per heavy atom. The molecule has 0 bridgehead atoms. The molecule has 3 aromatic carbocycles. The van der Waals surface area contributed by atoms with Crippen LogP contribution in [0, 0.1) is 5.82 Å². The molecule has 0 aliphatic carbocycles. The maximum absolute atomic E-state index is 14.7. The first-order chi connectivity index (χ1) is 16.6. The molecule has 3 heteroatoms. The molecule has 2 nitrogen and oxygen atoms in total. The Morgan fingerprint density at radius 3 is 2.06 bits per heavy atom. The first kappa shape index (κ1) is 24.2. The van der Waals surface area contributed by atoms with E-state index in [1.165, 1.54) is 56.9 Å². The molecule has 4 rings (SSSR count). The zero-order valence-corrected chi connectivity index (χ0v) is 20.5. The van der Waals surface area contributed by atoms with Crippen molar-refractivity contribution in [2.24, 2.45) is 0 Å². The molecular weight excluding hydrogens is 423 g/mol. The maximum Gasteiger partial charge on any atom is 0.344 e. The molecule has 0 fully saturated rings. The average Bonchev–Trinajstić information content (AvgIpc) is 2.86. The molecule has 0 saturated heterocycles. The fraction of sp³-hybridized carbons (Fsp3) is 0.387. The summed E-state index contributed by atoms with van der Waals surface area (Å²) in [6, 6.07) is 18.0. The Balaban J connectivity index is 1.46. The van der Waals surface area contributed by atoms with E-state index in [1.807, 2.05) is 31.2 Å². The van der Waals surface area contributed by atoms with Gasteiger partial charge in [0.05, 0.1) is 5.39 Å². The van der Waals surface area contributed by atoms with Crippen LogP contribution < -0.4 is 5.63 Å². The molecule has 0 spiro atoms. The van der Waals surface area contributed by atoms with Gasteiger partial charge in [0.15, 0.2) is 11.4 Å². The topological polar surface area (TPSA) is 30.2 Å². The molecule has 4 aromatic rings. The summed E-state index contributed by atoms with van der Waals surface area (Å²) in [7, 11) is 0. The molecule has 0 amide bonds. The van der Waals surface area contributed by atoms with Gasteiger partial charge in [-0.1, -0.05) is 107 Å². The lowest BCUT2D eigenvalue weighted by Crippen LogP contribution is -2.02. The van der Waals surface area contributed by atoms with Gasteiger partial charge < -0.3 is 4.42 Å². The predicted molar refractivity (Wildman–Crippen MR) is 141 cm³/mol. The summed E-state index contributed by atoms with van der Waals surface area (Å²) in [6.45, 7) is 4.14. The van der Waals surface area contributed by atoms with Crippen LogP contribution in [0.3, 0.4) is 0 Å². The van der Waals surface area contributed by atoms with Crippen LogP contribution in [0.1, 0.15) is 76.3 Å². The number of unbranched alkanes of at least 4 members (excludes halogenated alkanes) is 7. The van der Waals surface area contributed by atoms with Gasteiger partial charge in [0.2, 0.25) is 0 Å². The van der Waals surface area contributed by atoms with E-state index in [9.17, 15) is 9.18 Å². The predicted octanol–water partition coefficient (Wildman–Crippen LogP) is 9.00. The lowest BCUT2D eigenvalue weighted by molar-refractivity contribution is 0.525. The van der Waals surface area contributed by atoms with E-state index in [-0.39, 0.29) is 5.58 Å². The van der Waals surface area contributed by atoms with Crippen LogP contribution in [-0.4, -0.2) is 0 Å². The molecule has 0 saturated carbocycles. The van der Waals surface area contributed by atoms with E-state index in [0.29, 0.717) is 22.8 Å². The third kappa shape index (κ3) is 5.41. The number of hydrogen-bond acceptors (Lipinski definition) is 2. The summed E-state index contributed by atoms with van der Waals surface area (Å²) in [5.74, 6) is -0.435. The van der Waals surface area contributed by atoms with Crippen molar-refractivity contribution in [1.29, 1.82) is 0 Å². The molecule has 0 atom stereocenters. The van der Waals surface area contributed by atoms with E-state index < -0.39 is 11.4 Å². The summed E-state index contributed by atoms with van der Waals surface area (Å²) in [5.41, 5.74) is 3.48. The number of hydrogen-bond donors (Lipinski definition) is 0. The van der Waals surface area contributed by atoms with Gasteiger partial charge in [0, 0.05) is 10.8 Å². The monoisotopic (exact) mass is 458 g/mol. The second kappa shape index (κ2) is 11.5. The average molecular weight is 459 g/mol. The minimum atomic E-state index is -0.497. The number of halogens is 1. The van der Waals surface area contributed by atoms with Crippen molar-refractivity contribution in [3.05, 3.63) is 82.0 Å². The van der Waals surface area contributed by atoms with E-state index in [2.05, 4.69) is 31.2 Å². The summed E-state index contributed by atoms with van der Waals surface area (Å²) in [5, 5.41) is 1.84. The molecule has 178 valence electrons. The van der Waals surface area contributed by atoms with Gasteiger partial charge in [-0.2, -0.15) is 0 Å². The standard InChI is InChI=1S/C31H35FO2/c1-3-5-6-7-8-9-10-11-12-22-13-15-24(16-14-22)25-18-19-26-27-20-17-23(4-2)29(32)30(27)34-31(33)28(26)21-25/h13-21H,3-12H2,1-2H3. The van der Waals surface area contributed by atoms with Gasteiger partial charge >= 0.3 is 5.63 Å². The van der Waals surface area contributed by atoms with Crippen molar-refractivity contribution < 1.29 is 8.81 Å². The van der Waals surface area contributed by atoms with Crippen LogP contribution in [0.4, 0.5) is 4.39 Å². The highest BCUT2D eigenvalue weighted by Crippen LogP contribution is 2.30. The highest BCUT2D eigenvalue weighted by molar-refractivity contribution is 6.05. The Morgan fingerprint density at radius 2 is 1.35 bits per heavy atom. The fourth-order valence-electron chi connectivity index (χ4n) is 4.78. The molecule has 0 radical (unpaired) electrons. The van der Waals surface area contributed by atoms with Crippen LogP contribution in [-0.2, 0) is 12.8 Å². The summed E-state index contributed by atoms with van der Waals surface area (Å²) in [6.07, 6.45) is 12.3. The normalized spacial score (nSPS) is 11.5. The highest BCUT2D eigenvalue weighted by atomic mass is 19.1. The van der Waals surface area contributed by atoms with Gasteiger partial charge in [0.1, 0.15) is 0 Å². The third-order valence-electron chi connectivity index (χ3n) is 6.89. The van der Waals surface area contributed by atoms with Crippen molar-refractivity contribution in [3.63, 3.8) is 0 Å². The molecular formula is C31H35FO2. The quantitative estimate of drug-likeness (QED) is 0.127. The molecule has 0 unspecified atom stereocenters. The van der Waals surface area contributed by atoms with Crippen molar-refractivity contribution in [1.82, 2.24) is 0 Å². The molecule has 34 heavy (non-hydrogen) atoms. The maximum atomic E-state index is 14.7. The lowest BCUT2D eigenvalue weighted by Gasteiger charge is -2.09. The van der Waals surface area contributed by atoms with Crippen LogP contribution in [0.25, 0.3) is 32.9 Å². The number of fused-ring (bicyclic) bond motifs is 3. The molecule has 0 aliphatic rings. The Hall–Kier alpha value is -2.94. The van der Waals surface area contributed by atoms with Gasteiger partial charge in [-0.15, -0.1) is 0 Å². The van der Waals surface area contributed by atoms with Crippen molar-refractivity contribution in [3.8, 4) is 11.1 Å². The number of benzene rings is 3. The SMILES string of the molecule is CCCCCCCCCCc1ccc(-c2ccc3c(c2)c(=O)oc2c(F)c(CC)ccc23)cc1. The summed E-state index contributed by atoms with van der Waals surface area (Å²) < 4.78 is 20.1. The highest BCUT2D eigenvalue weighted by Gasteiger charge is 2.14. The fourth-order valence-corrected chi connectivity index (χ4v) is 4.78. The minimum absolute atomic E-state index is 0.0508. The van der Waals surface area contributed by atoms with Crippen molar-refractivity contribution in [2.75, 3.05) is 0 Å². The van der Waals surface area contributed by atoms with E-state index >= 15 is 0 Å². The van der Waals surface area contributed by atoms with E-state index in [0.717, 1.165) is 22.9 Å². The van der Waals surface area contributed by atoms with Gasteiger partial charge in [-0.3, -0.25) is 0 Å². The molecule has 0 N–H and O–H groups in total. The zero-order chi connectivity index (χ0) is 23.9. The molecule has 1 heterocycles. The Bertz CT molecular complexity index is 1300. The summed E-state index contributed by atoms with van der Waals surface area (Å²) in [4.78, 5) is 12.7. The lowest BCUT2D eigenvalue weighted by atomic mass is 9.98. The first-order valence-corrected chi connectivity index (χ1v) is 12.9. The Kier molecular flexibility index (Phi) is 8.16. The van der Waals surface area contributed by atoms with Crippen LogP contribution >= 0.6 is 0 Å². The smallest absolute Gasteiger partial charge is 0.344 e. The van der Waals surface area contributed by atoms with Crippen LogP contribution in [0.2, 0.25) is 0 Å². The van der Waals surface area contributed by atoms with Crippen molar-refractivity contribution >= 4 is 21.7 Å². The third-order valence-corrected chi connectivity index (χ3v) is 6.89. The van der Waals surface area contributed by atoms with E-state index in [4.69, 9.17) is 4.42 Å².